The van der Waals surface area contributed by atoms with Gasteiger partial charge in [0.15, 0.2) is 11.6 Å². The first-order chi connectivity index (χ1) is 10.6. The Labute approximate surface area is 125 Å². The number of H-pyrrole nitrogens is 2. The number of Topliss-reactive ketones (excluding diaryl/α,β-unsaturated/α-hetero) is 1. The van der Waals surface area contributed by atoms with E-state index in [1.165, 1.54) is 19.2 Å². The Hall–Kier alpha value is -3.22. The summed E-state index contributed by atoms with van der Waals surface area (Å²) < 4.78 is 0. The number of ketones is 1. The molecule has 3 heterocycles. The second-order valence-electron chi connectivity index (χ2n) is 4.72. The van der Waals surface area contributed by atoms with Gasteiger partial charge in [-0.25, -0.2) is 0 Å². The van der Waals surface area contributed by atoms with Crippen molar-refractivity contribution in [2.75, 3.05) is 5.32 Å². The number of nitrogens with zero attached hydrogens (tertiary/aromatic N) is 2. The summed E-state index contributed by atoms with van der Waals surface area (Å²) >= 11 is 0. The van der Waals surface area contributed by atoms with Crippen LogP contribution >= 0.6 is 0 Å². The van der Waals surface area contributed by atoms with Crippen LogP contribution in [0.25, 0.3) is 11.3 Å². The lowest BCUT2D eigenvalue weighted by Crippen LogP contribution is -2.12. The molecule has 0 unspecified atom stereocenters. The lowest BCUT2D eigenvalue weighted by molar-refractivity contribution is 0.101. The molecule has 0 saturated heterocycles. The zero-order valence-electron chi connectivity index (χ0n) is 11.8. The second-order valence-corrected chi connectivity index (χ2v) is 4.72. The molecule has 1 amide bonds. The van der Waals surface area contributed by atoms with Gasteiger partial charge in [-0.3, -0.25) is 19.7 Å². The van der Waals surface area contributed by atoms with Gasteiger partial charge in [-0.2, -0.15) is 5.10 Å². The molecule has 3 rings (SSSR count). The first kappa shape index (κ1) is 13.7. The van der Waals surface area contributed by atoms with Gasteiger partial charge >= 0.3 is 0 Å². The van der Waals surface area contributed by atoms with Crippen molar-refractivity contribution in [3.63, 3.8) is 0 Å². The van der Waals surface area contributed by atoms with Crippen molar-refractivity contribution in [1.29, 1.82) is 0 Å². The molecule has 0 aliphatic rings. The Balaban J connectivity index is 1.74. The molecule has 0 spiro atoms. The quantitative estimate of drug-likeness (QED) is 0.642. The molecule has 0 aromatic carbocycles. The van der Waals surface area contributed by atoms with Crippen molar-refractivity contribution in [1.82, 2.24) is 20.2 Å². The van der Waals surface area contributed by atoms with Crippen LogP contribution < -0.4 is 5.32 Å². The Morgan fingerprint density at radius 2 is 1.95 bits per heavy atom. The number of carbonyl (C=O) groups is 2. The zero-order valence-corrected chi connectivity index (χ0v) is 11.8. The summed E-state index contributed by atoms with van der Waals surface area (Å²) in [5.41, 5.74) is 2.46. The molecule has 7 nitrogen and oxygen atoms in total. The van der Waals surface area contributed by atoms with Crippen LogP contribution in [0.5, 0.6) is 0 Å². The van der Waals surface area contributed by atoms with E-state index < -0.39 is 0 Å². The van der Waals surface area contributed by atoms with Gasteiger partial charge < -0.3 is 10.3 Å². The van der Waals surface area contributed by atoms with Crippen LogP contribution in [0.2, 0.25) is 0 Å². The van der Waals surface area contributed by atoms with E-state index in [4.69, 9.17) is 0 Å². The predicted molar refractivity (Wildman–Crippen MR) is 80.6 cm³/mol. The topological polar surface area (TPSA) is 104 Å². The maximum Gasteiger partial charge on any atom is 0.273 e. The highest BCUT2D eigenvalue weighted by molar-refractivity contribution is 6.05. The molecule has 22 heavy (non-hydrogen) atoms. The number of aromatic nitrogens is 4. The van der Waals surface area contributed by atoms with Gasteiger partial charge in [-0.1, -0.05) is 0 Å². The fourth-order valence-corrected chi connectivity index (χ4v) is 1.98. The minimum atomic E-state index is -0.361. The molecular weight excluding hydrogens is 282 g/mol. The van der Waals surface area contributed by atoms with Gasteiger partial charge in [0, 0.05) is 35.8 Å². The van der Waals surface area contributed by atoms with Gasteiger partial charge in [0.2, 0.25) is 0 Å². The molecular formula is C15H13N5O2. The standard InChI is InChI=1S/C15H13N5O2/c1-9(21)11-6-13(17-8-11)15(22)18-14-7-12(19-20-14)10-2-4-16-5-3-10/h2-8,17H,1H3,(H2,18,19,20,22). The molecule has 110 valence electrons. The molecule has 0 saturated carbocycles. The van der Waals surface area contributed by atoms with Gasteiger partial charge in [-0.05, 0) is 25.1 Å². The van der Waals surface area contributed by atoms with E-state index in [1.54, 1.807) is 18.5 Å². The molecule has 0 fully saturated rings. The summed E-state index contributed by atoms with van der Waals surface area (Å²) in [6.07, 6.45) is 4.86. The number of hydrogen-bond acceptors (Lipinski definition) is 4. The lowest BCUT2D eigenvalue weighted by atomic mass is 10.2. The number of hydrogen-bond donors (Lipinski definition) is 3. The molecule has 3 N–H and O–H groups in total. The molecule has 0 atom stereocenters. The Kier molecular flexibility index (Phi) is 3.53. The predicted octanol–water partition coefficient (Wildman–Crippen LogP) is 2.25. The van der Waals surface area contributed by atoms with Crippen molar-refractivity contribution in [2.24, 2.45) is 0 Å². The number of anilines is 1. The van der Waals surface area contributed by atoms with E-state index in [2.05, 4.69) is 25.5 Å². The SMILES string of the molecule is CC(=O)c1c[nH]c(C(=O)Nc2cc(-c3ccncc3)[nH]n2)c1. The molecule has 3 aromatic heterocycles. The average Bonchev–Trinajstić information content (AvgIpc) is 3.17. The molecule has 0 aliphatic heterocycles. The number of rotatable bonds is 4. The van der Waals surface area contributed by atoms with Crippen LogP contribution in [-0.2, 0) is 0 Å². The summed E-state index contributed by atoms with van der Waals surface area (Å²) in [6.45, 7) is 1.44. The highest BCUT2D eigenvalue weighted by atomic mass is 16.2. The second kappa shape index (κ2) is 5.65. The third kappa shape index (κ3) is 2.78. The van der Waals surface area contributed by atoms with Gasteiger partial charge in [0.1, 0.15) is 5.69 Å². The van der Waals surface area contributed by atoms with Crippen LogP contribution in [0, 0.1) is 0 Å². The molecule has 0 radical (unpaired) electrons. The summed E-state index contributed by atoms with van der Waals surface area (Å²) in [6, 6.07) is 6.91. The van der Waals surface area contributed by atoms with Crippen LogP contribution in [0.4, 0.5) is 5.82 Å². The Morgan fingerprint density at radius 1 is 1.18 bits per heavy atom. The fraction of sp³-hybridized carbons (Fsp3) is 0.0667. The Morgan fingerprint density at radius 3 is 2.64 bits per heavy atom. The zero-order chi connectivity index (χ0) is 15.5. The first-order valence-corrected chi connectivity index (χ1v) is 6.60. The summed E-state index contributed by atoms with van der Waals surface area (Å²) in [4.78, 5) is 30.0. The third-order valence-electron chi connectivity index (χ3n) is 3.14. The minimum Gasteiger partial charge on any atom is -0.356 e. The Bertz CT molecular complexity index is 819. The van der Waals surface area contributed by atoms with Crippen LogP contribution in [0.15, 0.2) is 42.9 Å². The van der Waals surface area contributed by atoms with E-state index >= 15 is 0 Å². The maximum absolute atomic E-state index is 12.1. The van der Waals surface area contributed by atoms with E-state index in [9.17, 15) is 9.59 Å². The minimum absolute atomic E-state index is 0.102. The van der Waals surface area contributed by atoms with Crippen molar-refractivity contribution in [2.45, 2.75) is 6.92 Å². The smallest absolute Gasteiger partial charge is 0.273 e. The summed E-state index contributed by atoms with van der Waals surface area (Å²) in [7, 11) is 0. The summed E-state index contributed by atoms with van der Waals surface area (Å²) in [5, 5.41) is 9.55. The van der Waals surface area contributed by atoms with E-state index in [-0.39, 0.29) is 11.7 Å². The number of nitrogens with one attached hydrogen (secondary N) is 3. The third-order valence-corrected chi connectivity index (χ3v) is 3.14. The first-order valence-electron chi connectivity index (χ1n) is 6.60. The number of pyridine rings is 1. The van der Waals surface area contributed by atoms with Gasteiger partial charge in [0.25, 0.3) is 5.91 Å². The maximum atomic E-state index is 12.1. The van der Waals surface area contributed by atoms with E-state index in [1.807, 2.05) is 12.1 Å². The van der Waals surface area contributed by atoms with Crippen molar-refractivity contribution >= 4 is 17.5 Å². The van der Waals surface area contributed by atoms with Crippen LogP contribution in [0.1, 0.15) is 27.8 Å². The van der Waals surface area contributed by atoms with Crippen molar-refractivity contribution < 1.29 is 9.59 Å². The molecule has 3 aromatic rings. The van der Waals surface area contributed by atoms with Gasteiger partial charge in [-0.15, -0.1) is 0 Å². The van der Waals surface area contributed by atoms with Crippen LogP contribution in [0.3, 0.4) is 0 Å². The monoisotopic (exact) mass is 295 g/mol. The molecule has 7 heteroatoms. The highest BCUT2D eigenvalue weighted by Gasteiger charge is 2.12. The average molecular weight is 295 g/mol. The fourth-order valence-electron chi connectivity index (χ4n) is 1.98. The van der Waals surface area contributed by atoms with Crippen LogP contribution in [-0.4, -0.2) is 31.9 Å². The van der Waals surface area contributed by atoms with E-state index in [0.717, 1.165) is 11.3 Å². The van der Waals surface area contributed by atoms with Crippen molar-refractivity contribution in [3.8, 4) is 11.3 Å². The number of carbonyl (C=O) groups excluding carboxylic acids is 2. The molecule has 0 bridgehead atoms. The number of amides is 1. The lowest BCUT2D eigenvalue weighted by Gasteiger charge is -1.98. The summed E-state index contributed by atoms with van der Waals surface area (Å²) in [5.74, 6) is -0.0638. The van der Waals surface area contributed by atoms with Gasteiger partial charge in [0.05, 0.1) is 5.69 Å². The number of aromatic amines is 2. The molecule has 0 aliphatic carbocycles. The highest BCUT2D eigenvalue weighted by Crippen LogP contribution is 2.19. The normalized spacial score (nSPS) is 10.4. The van der Waals surface area contributed by atoms with Crippen molar-refractivity contribution in [3.05, 3.63) is 54.1 Å². The van der Waals surface area contributed by atoms with E-state index in [0.29, 0.717) is 17.1 Å². The largest absolute Gasteiger partial charge is 0.356 e.